The van der Waals surface area contributed by atoms with Crippen LogP contribution in [0.15, 0.2) is 64.6 Å². The van der Waals surface area contributed by atoms with Gasteiger partial charge < -0.3 is 9.88 Å². The van der Waals surface area contributed by atoms with E-state index in [9.17, 15) is 19.2 Å². The summed E-state index contributed by atoms with van der Waals surface area (Å²) in [6, 6.07) is 15.5. The quantitative estimate of drug-likeness (QED) is 0.178. The number of thiophene rings is 1. The Balaban J connectivity index is 1.40. The van der Waals surface area contributed by atoms with Crippen molar-refractivity contribution in [2.45, 2.75) is 46.5 Å². The number of nitrogens with one attached hydrogen (secondary N) is 2. The number of anilines is 2. The van der Waals surface area contributed by atoms with Gasteiger partial charge in [-0.15, -0.1) is 11.3 Å². The van der Waals surface area contributed by atoms with Crippen LogP contribution in [0.25, 0.3) is 11.1 Å². The highest BCUT2D eigenvalue weighted by atomic mass is 79.9. The third-order valence-electron chi connectivity index (χ3n) is 7.85. The van der Waals surface area contributed by atoms with E-state index in [2.05, 4.69) is 26.6 Å². The summed E-state index contributed by atoms with van der Waals surface area (Å²) in [5.41, 5.74) is 6.09. The van der Waals surface area contributed by atoms with Crippen molar-refractivity contribution in [3.05, 3.63) is 103 Å². The lowest BCUT2D eigenvalue weighted by Crippen LogP contribution is -2.54. The standard InChI is InChI=1S/C33H29BrN4O4S/c1-18-8-12-23(13-9-18)35-30(40)28-25-6-4-5-7-27(25)43-32(28)37-19(2)16-21(20(37)3)17-26-29(39)36-33(42)38(31(26)41)24-14-10-22(34)11-15-24/h8-17H,4-7H2,1-3H3,(H,35,40)(H,36,39,42)/b26-17+. The minimum Gasteiger partial charge on any atom is -0.322 e. The molecule has 0 radical (unpaired) electrons. The molecule has 0 atom stereocenters. The Morgan fingerprint density at radius 2 is 1.67 bits per heavy atom. The van der Waals surface area contributed by atoms with Gasteiger partial charge in [0.05, 0.1) is 11.3 Å². The van der Waals surface area contributed by atoms with Gasteiger partial charge in [0.25, 0.3) is 17.7 Å². The molecule has 0 spiro atoms. The molecule has 3 heterocycles. The fourth-order valence-electron chi connectivity index (χ4n) is 5.66. The summed E-state index contributed by atoms with van der Waals surface area (Å²) in [7, 11) is 0. The van der Waals surface area contributed by atoms with Gasteiger partial charge >= 0.3 is 6.03 Å². The van der Waals surface area contributed by atoms with E-state index in [0.29, 0.717) is 16.8 Å². The zero-order valence-electron chi connectivity index (χ0n) is 23.9. The fourth-order valence-corrected chi connectivity index (χ4v) is 7.42. The largest absolute Gasteiger partial charge is 0.335 e. The minimum atomic E-state index is -0.798. The van der Waals surface area contributed by atoms with Crippen molar-refractivity contribution in [2.24, 2.45) is 0 Å². The summed E-state index contributed by atoms with van der Waals surface area (Å²) in [5, 5.41) is 6.20. The number of hydrogen-bond donors (Lipinski definition) is 2. The number of amides is 5. The Bertz CT molecular complexity index is 1830. The number of rotatable bonds is 5. The number of fused-ring (bicyclic) bond motifs is 1. The zero-order valence-corrected chi connectivity index (χ0v) is 26.3. The smallest absolute Gasteiger partial charge is 0.322 e. The number of urea groups is 1. The number of nitrogens with zero attached hydrogens (tertiary/aromatic N) is 2. The molecular weight excluding hydrogens is 628 g/mol. The molecule has 43 heavy (non-hydrogen) atoms. The molecule has 2 aliphatic rings. The number of aryl methyl sites for hydroxylation is 3. The van der Waals surface area contributed by atoms with E-state index in [0.717, 1.165) is 68.3 Å². The first-order chi connectivity index (χ1) is 20.6. The maximum atomic E-state index is 13.8. The van der Waals surface area contributed by atoms with Gasteiger partial charge in [0.2, 0.25) is 0 Å². The van der Waals surface area contributed by atoms with Gasteiger partial charge in [0.1, 0.15) is 10.6 Å². The summed E-state index contributed by atoms with van der Waals surface area (Å²) in [4.78, 5) is 55.0. The fraction of sp³-hybridized carbons (Fsp3) is 0.212. The van der Waals surface area contributed by atoms with Crippen molar-refractivity contribution < 1.29 is 19.2 Å². The highest BCUT2D eigenvalue weighted by molar-refractivity contribution is 9.10. The van der Waals surface area contributed by atoms with Crippen LogP contribution in [0.3, 0.4) is 0 Å². The van der Waals surface area contributed by atoms with Crippen LogP contribution in [0.4, 0.5) is 16.2 Å². The van der Waals surface area contributed by atoms with Gasteiger partial charge in [0, 0.05) is 26.4 Å². The molecule has 2 N–H and O–H groups in total. The Hall–Kier alpha value is -4.28. The second-order valence-corrected chi connectivity index (χ2v) is 12.8. The number of carbonyl (C=O) groups excluding carboxylic acids is 4. The van der Waals surface area contributed by atoms with Gasteiger partial charge in [-0.25, -0.2) is 9.69 Å². The van der Waals surface area contributed by atoms with Crippen molar-refractivity contribution in [1.82, 2.24) is 9.88 Å². The van der Waals surface area contributed by atoms with E-state index < -0.39 is 17.8 Å². The molecule has 10 heteroatoms. The SMILES string of the molecule is Cc1ccc(NC(=O)c2c(-n3c(C)cc(/C=C4\C(=O)NC(=O)N(c5ccc(Br)cc5)C4=O)c3C)sc3c2CCCC3)cc1. The van der Waals surface area contributed by atoms with Crippen LogP contribution < -0.4 is 15.5 Å². The van der Waals surface area contributed by atoms with Crippen molar-refractivity contribution in [3.63, 3.8) is 0 Å². The van der Waals surface area contributed by atoms with Gasteiger partial charge in [0.15, 0.2) is 0 Å². The first-order valence-corrected chi connectivity index (χ1v) is 15.6. The lowest BCUT2D eigenvalue weighted by molar-refractivity contribution is -0.122. The predicted molar refractivity (Wildman–Crippen MR) is 172 cm³/mol. The molecule has 6 rings (SSSR count). The van der Waals surface area contributed by atoms with E-state index >= 15 is 0 Å². The maximum absolute atomic E-state index is 13.8. The molecule has 0 unspecified atom stereocenters. The van der Waals surface area contributed by atoms with Gasteiger partial charge in [-0.3, -0.25) is 19.7 Å². The average molecular weight is 658 g/mol. The van der Waals surface area contributed by atoms with E-state index in [1.807, 2.05) is 55.7 Å². The highest BCUT2D eigenvalue weighted by Crippen LogP contribution is 2.39. The first kappa shape index (κ1) is 28.8. The molecule has 8 nitrogen and oxygen atoms in total. The number of barbiturate groups is 1. The highest BCUT2D eigenvalue weighted by Gasteiger charge is 2.37. The van der Waals surface area contributed by atoms with Gasteiger partial charge in [-0.2, -0.15) is 0 Å². The summed E-state index contributed by atoms with van der Waals surface area (Å²) in [5.74, 6) is -1.61. The van der Waals surface area contributed by atoms with Crippen LogP contribution in [0.5, 0.6) is 0 Å². The van der Waals surface area contributed by atoms with Crippen molar-refractivity contribution in [3.8, 4) is 5.00 Å². The third-order valence-corrected chi connectivity index (χ3v) is 9.65. The summed E-state index contributed by atoms with van der Waals surface area (Å²) >= 11 is 4.98. The van der Waals surface area contributed by atoms with Gasteiger partial charge in [-0.05, 0) is 106 Å². The van der Waals surface area contributed by atoms with Crippen molar-refractivity contribution >= 4 is 68.5 Å². The molecule has 1 fully saturated rings. The normalized spacial score (nSPS) is 16.0. The van der Waals surface area contributed by atoms with Crippen molar-refractivity contribution in [2.75, 3.05) is 10.2 Å². The van der Waals surface area contributed by atoms with Crippen LogP contribution in [0.2, 0.25) is 0 Å². The summed E-state index contributed by atoms with van der Waals surface area (Å²) in [6.07, 6.45) is 5.40. The molecule has 2 aromatic carbocycles. The molecule has 1 aliphatic carbocycles. The molecule has 5 amide bonds. The van der Waals surface area contributed by atoms with Crippen molar-refractivity contribution in [1.29, 1.82) is 0 Å². The van der Waals surface area contributed by atoms with E-state index in [1.54, 1.807) is 35.6 Å². The zero-order chi connectivity index (χ0) is 30.4. The van der Waals surface area contributed by atoms with Crippen LogP contribution >= 0.6 is 27.3 Å². The van der Waals surface area contributed by atoms with E-state index in [-0.39, 0.29) is 11.5 Å². The molecule has 0 bridgehead atoms. The van der Waals surface area contributed by atoms with E-state index in [1.165, 1.54) is 11.0 Å². The molecule has 1 saturated heterocycles. The second-order valence-electron chi connectivity index (χ2n) is 10.8. The van der Waals surface area contributed by atoms with Crippen LogP contribution in [0.1, 0.15) is 56.2 Å². The molecule has 1 aliphatic heterocycles. The Morgan fingerprint density at radius 1 is 0.977 bits per heavy atom. The Labute approximate surface area is 261 Å². The average Bonchev–Trinajstić information content (AvgIpc) is 3.48. The third kappa shape index (κ3) is 5.36. The summed E-state index contributed by atoms with van der Waals surface area (Å²) < 4.78 is 2.82. The Morgan fingerprint density at radius 3 is 2.40 bits per heavy atom. The maximum Gasteiger partial charge on any atom is 0.335 e. The number of benzene rings is 2. The number of carbonyl (C=O) groups is 4. The Kier molecular flexibility index (Phi) is 7.66. The van der Waals surface area contributed by atoms with E-state index in [4.69, 9.17) is 0 Å². The topological polar surface area (TPSA) is 101 Å². The lowest BCUT2D eigenvalue weighted by atomic mass is 9.95. The molecule has 0 saturated carbocycles. The molecule has 218 valence electrons. The number of halogens is 1. The predicted octanol–water partition coefficient (Wildman–Crippen LogP) is 7.02. The number of aromatic nitrogens is 1. The lowest BCUT2D eigenvalue weighted by Gasteiger charge is -2.26. The van der Waals surface area contributed by atoms with Crippen LogP contribution in [-0.2, 0) is 22.4 Å². The van der Waals surface area contributed by atoms with Crippen LogP contribution in [0, 0.1) is 20.8 Å². The second kappa shape index (κ2) is 11.4. The number of hydrogen-bond acceptors (Lipinski definition) is 5. The molecule has 2 aromatic heterocycles. The first-order valence-electron chi connectivity index (χ1n) is 14.0. The monoisotopic (exact) mass is 656 g/mol. The number of imide groups is 2. The van der Waals surface area contributed by atoms with Gasteiger partial charge in [-0.1, -0.05) is 33.6 Å². The van der Waals surface area contributed by atoms with Crippen LogP contribution in [-0.4, -0.2) is 28.3 Å². The summed E-state index contributed by atoms with van der Waals surface area (Å²) in [6.45, 7) is 5.85. The molecular formula is C33H29BrN4O4S. The minimum absolute atomic E-state index is 0.148. The molecule has 4 aromatic rings.